The monoisotopic (exact) mass is 290 g/mol. The van der Waals surface area contributed by atoms with Crippen molar-refractivity contribution in [3.63, 3.8) is 0 Å². The van der Waals surface area contributed by atoms with Crippen LogP contribution < -0.4 is 14.2 Å². The molecule has 0 radical (unpaired) electrons. The van der Waals surface area contributed by atoms with Gasteiger partial charge < -0.3 is 14.2 Å². The van der Waals surface area contributed by atoms with Gasteiger partial charge in [-0.2, -0.15) is 0 Å². The lowest BCUT2D eigenvalue weighted by atomic mass is 10.1. The quantitative estimate of drug-likeness (QED) is 0.823. The van der Waals surface area contributed by atoms with Gasteiger partial charge in [-0.25, -0.2) is 0 Å². The van der Waals surface area contributed by atoms with Crippen molar-refractivity contribution in [2.24, 2.45) is 0 Å². The summed E-state index contributed by atoms with van der Waals surface area (Å²) < 4.78 is 16.0. The van der Waals surface area contributed by atoms with Crippen molar-refractivity contribution in [2.75, 3.05) is 21.3 Å². The Bertz CT molecular complexity index is 589. The number of methoxy groups -OCH3 is 3. The normalized spacial score (nSPS) is 10.8. The zero-order valence-corrected chi connectivity index (χ0v) is 12.9. The van der Waals surface area contributed by atoms with Gasteiger partial charge in [0, 0.05) is 4.88 Å². The molecular formula is C16H18O3S. The summed E-state index contributed by atoms with van der Waals surface area (Å²) in [7, 11) is 4.84. The third-order valence-electron chi connectivity index (χ3n) is 2.88. The molecule has 0 bridgehead atoms. The van der Waals surface area contributed by atoms with E-state index in [0.29, 0.717) is 17.2 Å². The molecule has 0 spiro atoms. The maximum Gasteiger partial charge on any atom is 0.203 e. The zero-order valence-electron chi connectivity index (χ0n) is 12.1. The van der Waals surface area contributed by atoms with Crippen molar-refractivity contribution in [1.29, 1.82) is 0 Å². The molecule has 0 aliphatic heterocycles. The third kappa shape index (κ3) is 3.14. The Kier molecular flexibility index (Phi) is 4.69. The lowest BCUT2D eigenvalue weighted by Gasteiger charge is -2.12. The van der Waals surface area contributed by atoms with Crippen LogP contribution in [0.15, 0.2) is 23.6 Å². The fourth-order valence-corrected chi connectivity index (χ4v) is 2.71. The summed E-state index contributed by atoms with van der Waals surface area (Å²) in [6.07, 6.45) is 4.12. The van der Waals surface area contributed by atoms with Crippen molar-refractivity contribution >= 4 is 23.5 Å². The summed E-state index contributed by atoms with van der Waals surface area (Å²) in [6.45, 7) is 2.09. The number of aryl methyl sites for hydroxylation is 1. The predicted octanol–water partition coefficient (Wildman–Crippen LogP) is 4.25. The van der Waals surface area contributed by atoms with E-state index in [1.54, 1.807) is 32.7 Å². The average molecular weight is 290 g/mol. The van der Waals surface area contributed by atoms with Gasteiger partial charge in [0.15, 0.2) is 11.5 Å². The molecule has 106 valence electrons. The second-order valence-corrected chi connectivity index (χ2v) is 5.26. The van der Waals surface area contributed by atoms with Gasteiger partial charge in [0.25, 0.3) is 0 Å². The van der Waals surface area contributed by atoms with Gasteiger partial charge in [-0.05, 0) is 47.7 Å². The Hall–Kier alpha value is -1.94. The van der Waals surface area contributed by atoms with Crippen LogP contribution in [0.5, 0.6) is 17.2 Å². The predicted molar refractivity (Wildman–Crippen MR) is 84.1 cm³/mol. The molecule has 4 heteroatoms. The van der Waals surface area contributed by atoms with E-state index < -0.39 is 0 Å². The molecule has 0 amide bonds. The minimum Gasteiger partial charge on any atom is -0.493 e. The number of rotatable bonds is 5. The second kappa shape index (κ2) is 6.48. The van der Waals surface area contributed by atoms with Crippen molar-refractivity contribution < 1.29 is 14.2 Å². The van der Waals surface area contributed by atoms with E-state index in [4.69, 9.17) is 14.2 Å². The first-order valence-corrected chi connectivity index (χ1v) is 7.09. The number of thiophene rings is 1. The van der Waals surface area contributed by atoms with Crippen LogP contribution in [0.2, 0.25) is 0 Å². The van der Waals surface area contributed by atoms with Gasteiger partial charge in [0.1, 0.15) is 0 Å². The molecule has 1 aromatic carbocycles. The number of ether oxygens (including phenoxy) is 3. The maximum atomic E-state index is 5.34. The van der Waals surface area contributed by atoms with Crippen molar-refractivity contribution in [3.8, 4) is 17.2 Å². The Labute approximate surface area is 123 Å². The topological polar surface area (TPSA) is 27.7 Å². The number of hydrogen-bond acceptors (Lipinski definition) is 4. The maximum absolute atomic E-state index is 5.34. The fourth-order valence-electron chi connectivity index (χ4n) is 1.92. The van der Waals surface area contributed by atoms with Crippen molar-refractivity contribution in [1.82, 2.24) is 0 Å². The molecule has 0 aliphatic carbocycles. The van der Waals surface area contributed by atoms with E-state index >= 15 is 0 Å². The number of benzene rings is 1. The summed E-state index contributed by atoms with van der Waals surface area (Å²) in [5, 5.41) is 2.13. The molecular weight excluding hydrogens is 272 g/mol. The molecule has 0 atom stereocenters. The molecule has 2 aromatic rings. The van der Waals surface area contributed by atoms with E-state index in [0.717, 1.165) is 5.56 Å². The van der Waals surface area contributed by atoms with E-state index in [1.807, 2.05) is 18.2 Å². The first-order valence-electron chi connectivity index (χ1n) is 6.21. The highest BCUT2D eigenvalue weighted by Gasteiger charge is 2.11. The van der Waals surface area contributed by atoms with Gasteiger partial charge >= 0.3 is 0 Å². The molecule has 3 nitrogen and oxygen atoms in total. The molecule has 1 aromatic heterocycles. The minimum absolute atomic E-state index is 0.610. The van der Waals surface area contributed by atoms with E-state index in [9.17, 15) is 0 Å². The molecule has 1 heterocycles. The third-order valence-corrected chi connectivity index (χ3v) is 3.89. The van der Waals surface area contributed by atoms with Crippen LogP contribution >= 0.6 is 11.3 Å². The van der Waals surface area contributed by atoms with Gasteiger partial charge in [0.2, 0.25) is 5.75 Å². The molecule has 0 saturated heterocycles. The van der Waals surface area contributed by atoms with Gasteiger partial charge in [0.05, 0.1) is 21.3 Å². The molecule has 2 rings (SSSR count). The lowest BCUT2D eigenvalue weighted by molar-refractivity contribution is 0.324. The van der Waals surface area contributed by atoms with Crippen LogP contribution in [0, 0.1) is 6.92 Å². The minimum atomic E-state index is 0.610. The molecule has 0 fully saturated rings. The van der Waals surface area contributed by atoms with Crippen molar-refractivity contribution in [2.45, 2.75) is 6.92 Å². The lowest BCUT2D eigenvalue weighted by Crippen LogP contribution is -1.95. The van der Waals surface area contributed by atoms with Crippen LogP contribution in [0.3, 0.4) is 0 Å². The number of hydrogen-bond donors (Lipinski definition) is 0. The molecule has 0 N–H and O–H groups in total. The molecule has 20 heavy (non-hydrogen) atoms. The first-order chi connectivity index (χ1) is 9.67. The summed E-state index contributed by atoms with van der Waals surface area (Å²) in [5.74, 6) is 1.93. The van der Waals surface area contributed by atoms with Gasteiger partial charge in [-0.1, -0.05) is 6.08 Å². The Morgan fingerprint density at radius 3 is 2.00 bits per heavy atom. The van der Waals surface area contributed by atoms with E-state index in [2.05, 4.69) is 24.4 Å². The van der Waals surface area contributed by atoms with Crippen LogP contribution in [0.1, 0.15) is 16.0 Å². The SMILES string of the molecule is COc1cc(C=Cc2cc(C)cs2)cc(OC)c1OC. The Morgan fingerprint density at radius 2 is 1.55 bits per heavy atom. The van der Waals surface area contributed by atoms with Gasteiger partial charge in [-0.15, -0.1) is 11.3 Å². The highest BCUT2D eigenvalue weighted by molar-refractivity contribution is 7.11. The smallest absolute Gasteiger partial charge is 0.203 e. The van der Waals surface area contributed by atoms with Gasteiger partial charge in [-0.3, -0.25) is 0 Å². The van der Waals surface area contributed by atoms with Crippen molar-refractivity contribution in [3.05, 3.63) is 39.6 Å². The highest BCUT2D eigenvalue weighted by Crippen LogP contribution is 2.38. The fraction of sp³-hybridized carbons (Fsp3) is 0.250. The van der Waals surface area contributed by atoms with Crippen LogP contribution in [0.4, 0.5) is 0 Å². The molecule has 0 aliphatic rings. The Morgan fingerprint density at radius 1 is 0.900 bits per heavy atom. The zero-order chi connectivity index (χ0) is 14.5. The largest absolute Gasteiger partial charge is 0.493 e. The summed E-state index contributed by atoms with van der Waals surface area (Å²) in [6, 6.07) is 6.01. The standard InChI is InChI=1S/C16H18O3S/c1-11-7-13(20-10-11)6-5-12-8-14(17-2)16(19-4)15(9-12)18-3/h5-10H,1-4H3. The molecule has 0 saturated carbocycles. The van der Waals surface area contributed by atoms with E-state index in [1.165, 1.54) is 10.4 Å². The first kappa shape index (κ1) is 14.5. The van der Waals surface area contributed by atoms with Crippen LogP contribution in [-0.4, -0.2) is 21.3 Å². The summed E-state index contributed by atoms with van der Waals surface area (Å²) >= 11 is 1.72. The summed E-state index contributed by atoms with van der Waals surface area (Å²) in [5.41, 5.74) is 2.28. The van der Waals surface area contributed by atoms with Crippen LogP contribution in [0.25, 0.3) is 12.2 Å². The average Bonchev–Trinajstić information content (AvgIpc) is 2.89. The summed E-state index contributed by atoms with van der Waals surface area (Å²) in [4.78, 5) is 1.22. The highest BCUT2D eigenvalue weighted by atomic mass is 32.1. The Balaban J connectivity index is 2.34. The van der Waals surface area contributed by atoms with E-state index in [-0.39, 0.29) is 0 Å². The second-order valence-electron chi connectivity index (χ2n) is 4.32. The molecule has 0 unspecified atom stereocenters. The van der Waals surface area contributed by atoms with Crippen LogP contribution in [-0.2, 0) is 0 Å².